The third-order valence-corrected chi connectivity index (χ3v) is 2.61. The molecular weight excluding hydrogens is 282 g/mol. The van der Waals surface area contributed by atoms with Crippen molar-refractivity contribution in [1.29, 1.82) is 0 Å². The second kappa shape index (κ2) is 6.65. The van der Waals surface area contributed by atoms with Gasteiger partial charge in [-0.1, -0.05) is 0 Å². The molecule has 0 saturated heterocycles. The maximum atomic E-state index is 12.9. The summed E-state index contributed by atoms with van der Waals surface area (Å²) in [6.45, 7) is 0.579. The fourth-order valence-electron chi connectivity index (χ4n) is 1.68. The fourth-order valence-corrected chi connectivity index (χ4v) is 1.68. The Bertz CT molecular complexity index is 612. The van der Waals surface area contributed by atoms with Crippen LogP contribution < -0.4 is 10.1 Å². The maximum absolute atomic E-state index is 12.9. The number of non-ortho nitro benzene ring substituents is 1. The normalized spacial score (nSPS) is 10.2. The van der Waals surface area contributed by atoms with Crippen LogP contribution in [0.25, 0.3) is 0 Å². The molecule has 0 unspecified atom stereocenters. The second-order valence-corrected chi connectivity index (χ2v) is 4.18. The molecule has 21 heavy (non-hydrogen) atoms. The Balaban J connectivity index is 1.80. The molecule has 2 aromatic rings. The number of halogens is 2. The number of nitrogens with zero attached hydrogens (tertiary/aromatic N) is 1. The van der Waals surface area contributed by atoms with Gasteiger partial charge in [-0.2, -0.15) is 0 Å². The number of hydrogen-bond donors (Lipinski definition) is 1. The lowest BCUT2D eigenvalue weighted by Gasteiger charge is -2.08. The Labute approximate surface area is 119 Å². The zero-order chi connectivity index (χ0) is 15.2. The highest BCUT2D eigenvalue weighted by atomic mass is 19.1. The van der Waals surface area contributed by atoms with Crippen LogP contribution in [0.15, 0.2) is 42.5 Å². The number of anilines is 1. The summed E-state index contributed by atoms with van der Waals surface area (Å²) in [4.78, 5) is 9.98. The number of nitrogens with one attached hydrogen (secondary N) is 1. The van der Waals surface area contributed by atoms with Crippen molar-refractivity contribution in [3.05, 3.63) is 64.2 Å². The molecule has 0 saturated carbocycles. The van der Waals surface area contributed by atoms with E-state index in [0.29, 0.717) is 18.0 Å². The number of hydrogen-bond acceptors (Lipinski definition) is 4. The quantitative estimate of drug-likeness (QED) is 0.504. The van der Waals surface area contributed by atoms with Gasteiger partial charge in [-0.05, 0) is 24.3 Å². The predicted molar refractivity (Wildman–Crippen MR) is 73.4 cm³/mol. The van der Waals surface area contributed by atoms with Crippen molar-refractivity contribution in [2.24, 2.45) is 0 Å². The highest BCUT2D eigenvalue weighted by Crippen LogP contribution is 2.17. The first-order valence-electron chi connectivity index (χ1n) is 6.12. The molecule has 7 heteroatoms. The van der Waals surface area contributed by atoms with Gasteiger partial charge < -0.3 is 10.1 Å². The van der Waals surface area contributed by atoms with Crippen LogP contribution in [0.1, 0.15) is 0 Å². The molecule has 0 bridgehead atoms. The Hall–Kier alpha value is -2.70. The molecule has 110 valence electrons. The zero-order valence-electron chi connectivity index (χ0n) is 10.9. The topological polar surface area (TPSA) is 64.4 Å². The van der Waals surface area contributed by atoms with Crippen LogP contribution in [-0.2, 0) is 0 Å². The molecule has 0 amide bonds. The lowest BCUT2D eigenvalue weighted by Crippen LogP contribution is -2.11. The van der Waals surface area contributed by atoms with E-state index in [0.717, 1.165) is 6.07 Å². The highest BCUT2D eigenvalue weighted by Gasteiger charge is 2.04. The molecule has 0 fully saturated rings. The van der Waals surface area contributed by atoms with Crippen molar-refractivity contribution in [3.63, 3.8) is 0 Å². The van der Waals surface area contributed by atoms with Gasteiger partial charge >= 0.3 is 0 Å². The molecule has 0 spiro atoms. The molecule has 0 aliphatic heterocycles. The smallest absolute Gasteiger partial charge is 0.269 e. The SMILES string of the molecule is O=[N+]([O-])c1ccc(OCCNc2cc(F)cc(F)c2)cc1. The van der Waals surface area contributed by atoms with Crippen molar-refractivity contribution in [2.75, 3.05) is 18.5 Å². The number of nitro groups is 1. The predicted octanol–water partition coefficient (Wildman–Crippen LogP) is 3.36. The summed E-state index contributed by atoms with van der Waals surface area (Å²) in [5.41, 5.74) is 0.301. The van der Waals surface area contributed by atoms with E-state index in [9.17, 15) is 18.9 Å². The highest BCUT2D eigenvalue weighted by molar-refractivity contribution is 5.43. The molecule has 2 aromatic carbocycles. The van der Waals surface area contributed by atoms with Crippen LogP contribution in [0.5, 0.6) is 5.75 Å². The van der Waals surface area contributed by atoms with E-state index in [1.54, 1.807) is 0 Å². The van der Waals surface area contributed by atoms with Crippen LogP contribution in [0, 0.1) is 21.7 Å². The fraction of sp³-hybridized carbons (Fsp3) is 0.143. The first-order chi connectivity index (χ1) is 10.0. The van der Waals surface area contributed by atoms with E-state index in [1.165, 1.54) is 36.4 Å². The van der Waals surface area contributed by atoms with Crippen molar-refractivity contribution < 1.29 is 18.4 Å². The van der Waals surface area contributed by atoms with Gasteiger partial charge in [0.2, 0.25) is 0 Å². The lowest BCUT2D eigenvalue weighted by molar-refractivity contribution is -0.384. The van der Waals surface area contributed by atoms with Gasteiger partial charge in [0.1, 0.15) is 24.0 Å². The monoisotopic (exact) mass is 294 g/mol. The van der Waals surface area contributed by atoms with Gasteiger partial charge in [0, 0.05) is 30.4 Å². The zero-order valence-corrected chi connectivity index (χ0v) is 10.9. The van der Waals surface area contributed by atoms with Gasteiger partial charge in [-0.15, -0.1) is 0 Å². The van der Waals surface area contributed by atoms with Crippen molar-refractivity contribution >= 4 is 11.4 Å². The summed E-state index contributed by atoms with van der Waals surface area (Å²) in [6, 6.07) is 8.79. The van der Waals surface area contributed by atoms with E-state index >= 15 is 0 Å². The number of ether oxygens (including phenoxy) is 1. The Kier molecular flexibility index (Phi) is 4.65. The summed E-state index contributed by atoms with van der Waals surface area (Å²) in [7, 11) is 0. The summed E-state index contributed by atoms with van der Waals surface area (Å²) < 4.78 is 31.2. The minimum absolute atomic E-state index is 0.0179. The van der Waals surface area contributed by atoms with Crippen molar-refractivity contribution in [3.8, 4) is 5.75 Å². The molecule has 2 rings (SSSR count). The minimum atomic E-state index is -0.659. The minimum Gasteiger partial charge on any atom is -0.492 e. The molecule has 0 atom stereocenters. The van der Waals surface area contributed by atoms with Crippen molar-refractivity contribution in [2.45, 2.75) is 0 Å². The van der Waals surface area contributed by atoms with Crippen LogP contribution >= 0.6 is 0 Å². The third kappa shape index (κ3) is 4.41. The van der Waals surface area contributed by atoms with Gasteiger partial charge in [-0.3, -0.25) is 10.1 Å². The largest absolute Gasteiger partial charge is 0.492 e. The Morgan fingerprint density at radius 2 is 1.71 bits per heavy atom. The molecule has 0 heterocycles. The van der Waals surface area contributed by atoms with Crippen LogP contribution in [-0.4, -0.2) is 18.1 Å². The molecule has 0 aromatic heterocycles. The standard InChI is InChI=1S/C14H12F2N2O3/c15-10-7-11(16)9-12(8-10)17-5-6-21-14-3-1-13(2-4-14)18(19)20/h1-4,7-9,17H,5-6H2. The number of rotatable bonds is 6. The van der Waals surface area contributed by atoms with E-state index in [-0.39, 0.29) is 12.3 Å². The molecule has 1 N–H and O–H groups in total. The van der Waals surface area contributed by atoms with E-state index in [1.807, 2.05) is 0 Å². The van der Waals surface area contributed by atoms with Gasteiger partial charge in [0.05, 0.1) is 4.92 Å². The van der Waals surface area contributed by atoms with Gasteiger partial charge in [0.15, 0.2) is 0 Å². The first-order valence-corrected chi connectivity index (χ1v) is 6.12. The summed E-state index contributed by atoms with van der Waals surface area (Å²) in [5.74, 6) is -0.838. The molecule has 5 nitrogen and oxygen atoms in total. The molecular formula is C14H12F2N2O3. The van der Waals surface area contributed by atoms with Crippen molar-refractivity contribution in [1.82, 2.24) is 0 Å². The second-order valence-electron chi connectivity index (χ2n) is 4.18. The average molecular weight is 294 g/mol. The van der Waals surface area contributed by atoms with Gasteiger partial charge in [0.25, 0.3) is 5.69 Å². The first kappa shape index (κ1) is 14.7. The average Bonchev–Trinajstić information content (AvgIpc) is 2.43. The number of benzene rings is 2. The molecule has 0 radical (unpaired) electrons. The van der Waals surface area contributed by atoms with Crippen LogP contribution in [0.3, 0.4) is 0 Å². The molecule has 0 aliphatic rings. The van der Waals surface area contributed by atoms with Crippen LogP contribution in [0.2, 0.25) is 0 Å². The Morgan fingerprint density at radius 1 is 1.10 bits per heavy atom. The molecule has 0 aliphatic carbocycles. The van der Waals surface area contributed by atoms with E-state index in [4.69, 9.17) is 4.74 Å². The maximum Gasteiger partial charge on any atom is 0.269 e. The summed E-state index contributed by atoms with van der Waals surface area (Å²) >= 11 is 0. The van der Waals surface area contributed by atoms with E-state index < -0.39 is 16.6 Å². The van der Waals surface area contributed by atoms with Crippen LogP contribution in [0.4, 0.5) is 20.2 Å². The third-order valence-electron chi connectivity index (χ3n) is 2.61. The van der Waals surface area contributed by atoms with E-state index in [2.05, 4.69) is 5.32 Å². The van der Waals surface area contributed by atoms with Gasteiger partial charge in [-0.25, -0.2) is 8.78 Å². The lowest BCUT2D eigenvalue weighted by atomic mass is 10.3. The summed E-state index contributed by atoms with van der Waals surface area (Å²) in [5, 5.41) is 13.3. The number of nitro benzene ring substituents is 1. The Morgan fingerprint density at radius 3 is 2.29 bits per heavy atom. The summed E-state index contributed by atoms with van der Waals surface area (Å²) in [6.07, 6.45) is 0.